The zero-order chi connectivity index (χ0) is 20.2. The van der Waals surface area contributed by atoms with Crippen LogP contribution in [0.25, 0.3) is 5.82 Å². The Morgan fingerprint density at radius 1 is 1.21 bits per heavy atom. The summed E-state index contributed by atoms with van der Waals surface area (Å²) in [6.07, 6.45) is 4.49. The molecular weight excluding hydrogens is 394 g/mol. The highest BCUT2D eigenvalue weighted by atomic mass is 32.1. The fourth-order valence-corrected chi connectivity index (χ4v) is 3.85. The number of aromatic nitrogens is 6. The maximum Gasteiger partial charge on any atom is 0.229 e. The molecule has 1 fully saturated rings. The largest absolute Gasteiger partial charge is 0.369 e. The van der Waals surface area contributed by atoms with E-state index in [9.17, 15) is 9.59 Å². The molecule has 1 saturated heterocycles. The Morgan fingerprint density at radius 2 is 1.97 bits per heavy atom. The van der Waals surface area contributed by atoms with Gasteiger partial charge in [0.25, 0.3) is 0 Å². The number of primary amides is 1. The number of anilines is 2. The van der Waals surface area contributed by atoms with Crippen LogP contribution >= 0.6 is 11.3 Å². The van der Waals surface area contributed by atoms with Crippen molar-refractivity contribution in [2.45, 2.75) is 19.3 Å². The predicted octanol–water partition coefficient (Wildman–Crippen LogP) is 0.397. The number of amides is 2. The molecule has 0 saturated carbocycles. The molecule has 3 N–H and O–H groups in total. The summed E-state index contributed by atoms with van der Waals surface area (Å²) in [5, 5.41) is 17.5. The van der Waals surface area contributed by atoms with Gasteiger partial charge in [-0.2, -0.15) is 5.10 Å². The summed E-state index contributed by atoms with van der Waals surface area (Å²) in [5.41, 5.74) is 5.73. The second-order valence-corrected chi connectivity index (χ2v) is 7.49. The Bertz CT molecular complexity index is 979. The minimum Gasteiger partial charge on any atom is -0.369 e. The lowest BCUT2D eigenvalue weighted by atomic mass is 9.96. The van der Waals surface area contributed by atoms with Crippen LogP contribution in [-0.4, -0.2) is 54.8 Å². The van der Waals surface area contributed by atoms with Crippen molar-refractivity contribution >= 4 is 34.1 Å². The lowest BCUT2D eigenvalue weighted by Crippen LogP contribution is -2.38. The van der Waals surface area contributed by atoms with Crippen molar-refractivity contribution in [3.8, 4) is 5.82 Å². The molecule has 3 aromatic rings. The number of hydrogen-bond donors (Lipinski definition) is 2. The fraction of sp³-hybridized carbons (Fsp3) is 0.353. The first-order valence-electron chi connectivity index (χ1n) is 9.06. The molecule has 2 amide bonds. The Morgan fingerprint density at radius 3 is 2.62 bits per heavy atom. The van der Waals surface area contributed by atoms with E-state index < -0.39 is 5.91 Å². The van der Waals surface area contributed by atoms with Crippen LogP contribution in [0, 0.1) is 5.92 Å². The van der Waals surface area contributed by atoms with E-state index in [1.54, 1.807) is 16.4 Å². The molecule has 4 rings (SSSR count). The van der Waals surface area contributed by atoms with E-state index in [0.29, 0.717) is 42.6 Å². The van der Waals surface area contributed by atoms with Gasteiger partial charge < -0.3 is 16.0 Å². The minimum atomic E-state index is -0.446. The maximum absolute atomic E-state index is 12.5. The molecular formula is C17H19N9O2S. The second kappa shape index (κ2) is 8.31. The van der Waals surface area contributed by atoms with E-state index in [1.165, 1.54) is 17.7 Å². The maximum atomic E-state index is 12.5. The SMILES string of the molecule is NC(=O)Cc1csc(NC(=O)C2CCN(c3ccc(-n4cncn4)nn3)CC2)n1. The van der Waals surface area contributed by atoms with Gasteiger partial charge in [-0.3, -0.25) is 9.59 Å². The van der Waals surface area contributed by atoms with Crippen molar-refractivity contribution in [1.29, 1.82) is 0 Å². The highest BCUT2D eigenvalue weighted by Gasteiger charge is 2.26. The number of carbonyl (C=O) groups excluding carboxylic acids is 2. The van der Waals surface area contributed by atoms with E-state index in [2.05, 4.69) is 35.5 Å². The van der Waals surface area contributed by atoms with Crippen molar-refractivity contribution in [3.63, 3.8) is 0 Å². The van der Waals surface area contributed by atoms with Crippen LogP contribution in [0.15, 0.2) is 30.2 Å². The summed E-state index contributed by atoms with van der Waals surface area (Å²) >= 11 is 1.29. The Kier molecular flexibility index (Phi) is 5.42. The van der Waals surface area contributed by atoms with Gasteiger partial charge in [0.15, 0.2) is 16.8 Å². The molecule has 0 aliphatic carbocycles. The van der Waals surface area contributed by atoms with Crippen LogP contribution in [0.3, 0.4) is 0 Å². The number of hydrogen-bond acceptors (Lipinski definition) is 9. The monoisotopic (exact) mass is 413 g/mol. The molecule has 12 heteroatoms. The van der Waals surface area contributed by atoms with Crippen LogP contribution in [0.5, 0.6) is 0 Å². The molecule has 0 bridgehead atoms. The first-order valence-corrected chi connectivity index (χ1v) is 9.93. The van der Waals surface area contributed by atoms with Crippen molar-refractivity contribution in [1.82, 2.24) is 29.9 Å². The molecule has 0 aromatic carbocycles. The zero-order valence-corrected chi connectivity index (χ0v) is 16.2. The number of nitrogens with zero attached hydrogens (tertiary/aromatic N) is 7. The smallest absolute Gasteiger partial charge is 0.229 e. The summed E-state index contributed by atoms with van der Waals surface area (Å²) in [4.78, 5) is 33.7. The van der Waals surface area contributed by atoms with Gasteiger partial charge in [0.05, 0.1) is 12.1 Å². The lowest BCUT2D eigenvalue weighted by molar-refractivity contribution is -0.120. The highest BCUT2D eigenvalue weighted by Crippen LogP contribution is 2.24. The predicted molar refractivity (Wildman–Crippen MR) is 106 cm³/mol. The average molecular weight is 413 g/mol. The summed E-state index contributed by atoms with van der Waals surface area (Å²) in [6.45, 7) is 1.42. The van der Waals surface area contributed by atoms with E-state index in [4.69, 9.17) is 5.73 Å². The third kappa shape index (κ3) is 4.54. The van der Waals surface area contributed by atoms with E-state index in [1.807, 2.05) is 12.1 Å². The summed E-state index contributed by atoms with van der Waals surface area (Å²) in [7, 11) is 0. The van der Waals surface area contributed by atoms with Crippen molar-refractivity contribution < 1.29 is 9.59 Å². The van der Waals surface area contributed by atoms with Gasteiger partial charge in [-0.15, -0.1) is 21.5 Å². The van der Waals surface area contributed by atoms with Gasteiger partial charge in [-0.1, -0.05) is 0 Å². The van der Waals surface area contributed by atoms with Crippen LogP contribution in [0.4, 0.5) is 10.9 Å². The van der Waals surface area contributed by atoms with E-state index in [0.717, 1.165) is 5.82 Å². The molecule has 1 aliphatic rings. The second-order valence-electron chi connectivity index (χ2n) is 6.63. The van der Waals surface area contributed by atoms with E-state index >= 15 is 0 Å². The van der Waals surface area contributed by atoms with Crippen LogP contribution in [-0.2, 0) is 16.0 Å². The number of piperidine rings is 1. The van der Waals surface area contributed by atoms with Crippen molar-refractivity contribution in [3.05, 3.63) is 35.9 Å². The highest BCUT2D eigenvalue weighted by molar-refractivity contribution is 7.13. The van der Waals surface area contributed by atoms with Gasteiger partial charge >= 0.3 is 0 Å². The molecule has 3 aromatic heterocycles. The first-order chi connectivity index (χ1) is 14.1. The van der Waals surface area contributed by atoms with Crippen molar-refractivity contribution in [2.75, 3.05) is 23.3 Å². The first kappa shape index (κ1) is 18.9. The summed E-state index contributed by atoms with van der Waals surface area (Å²) in [6, 6.07) is 3.72. The van der Waals surface area contributed by atoms with E-state index in [-0.39, 0.29) is 18.2 Å². The number of carbonyl (C=O) groups is 2. The normalized spacial score (nSPS) is 14.7. The Hall–Kier alpha value is -3.41. The molecule has 0 radical (unpaired) electrons. The molecule has 29 heavy (non-hydrogen) atoms. The fourth-order valence-electron chi connectivity index (χ4n) is 3.14. The quantitative estimate of drug-likeness (QED) is 0.590. The Balaban J connectivity index is 1.30. The van der Waals surface area contributed by atoms with Crippen molar-refractivity contribution in [2.24, 2.45) is 11.7 Å². The van der Waals surface area contributed by atoms with Crippen LogP contribution in [0.2, 0.25) is 0 Å². The molecule has 0 atom stereocenters. The summed E-state index contributed by atoms with van der Waals surface area (Å²) in [5.74, 6) is 0.760. The number of thiazole rings is 1. The molecule has 0 unspecified atom stereocenters. The van der Waals surface area contributed by atoms with Gasteiger partial charge in [-0.25, -0.2) is 14.6 Å². The van der Waals surface area contributed by atoms with Gasteiger partial charge in [0, 0.05) is 24.4 Å². The number of nitrogens with two attached hydrogens (primary N) is 1. The lowest BCUT2D eigenvalue weighted by Gasteiger charge is -2.31. The zero-order valence-electron chi connectivity index (χ0n) is 15.4. The van der Waals surface area contributed by atoms with Gasteiger partial charge in [0.1, 0.15) is 12.7 Å². The van der Waals surface area contributed by atoms with Crippen LogP contribution < -0.4 is 16.0 Å². The minimum absolute atomic E-state index is 0.0581. The average Bonchev–Trinajstić information content (AvgIpc) is 3.40. The molecule has 4 heterocycles. The molecule has 1 aliphatic heterocycles. The summed E-state index contributed by atoms with van der Waals surface area (Å²) < 4.78 is 1.54. The number of rotatable bonds is 6. The third-order valence-electron chi connectivity index (χ3n) is 4.62. The Labute approximate surface area is 170 Å². The molecule has 150 valence electrons. The molecule has 0 spiro atoms. The van der Waals surface area contributed by atoms with Crippen LogP contribution in [0.1, 0.15) is 18.5 Å². The number of nitrogens with one attached hydrogen (secondary N) is 1. The van der Waals surface area contributed by atoms with Gasteiger partial charge in [0.2, 0.25) is 11.8 Å². The standard InChI is InChI=1S/C17H19N9O2S/c18-13(27)7-12-8-29-17(21-12)22-16(28)11-3-5-25(6-4-11)14-1-2-15(24-23-14)26-10-19-9-20-26/h1-2,8-11H,3-7H2,(H2,18,27)(H,21,22,28). The third-order valence-corrected chi connectivity index (χ3v) is 5.42. The topological polar surface area (TPSA) is 145 Å². The molecule has 11 nitrogen and oxygen atoms in total. The van der Waals surface area contributed by atoms with Gasteiger partial charge in [-0.05, 0) is 25.0 Å².